The molecule has 2 aliphatic heterocycles. The molecule has 1 aromatic heterocycles. The standard InChI is InChI=1S/C26H24FN3O5/c1-14-5-7-18(11-20(14)27)30-15(2)9-19(16(30)3)21(31)12-29-24(32)26(4,28-25(29)33)17-6-8-22-23(10-17)35-13-34-22/h5-11H,12-13H2,1-4H3,(H,28,33). The van der Waals surface area contributed by atoms with Gasteiger partial charge in [-0.15, -0.1) is 0 Å². The maximum atomic E-state index is 14.2. The van der Waals surface area contributed by atoms with Crippen molar-refractivity contribution in [2.45, 2.75) is 33.2 Å². The summed E-state index contributed by atoms with van der Waals surface area (Å²) in [6.45, 7) is 6.50. The number of aryl methyl sites for hydroxylation is 2. The maximum Gasteiger partial charge on any atom is 0.325 e. The first kappa shape index (κ1) is 22.6. The van der Waals surface area contributed by atoms with Crippen LogP contribution in [0.25, 0.3) is 5.69 Å². The van der Waals surface area contributed by atoms with Gasteiger partial charge in [-0.05, 0) is 69.2 Å². The molecule has 2 aliphatic rings. The molecule has 1 unspecified atom stereocenters. The lowest BCUT2D eigenvalue weighted by Crippen LogP contribution is -2.41. The number of fused-ring (bicyclic) bond motifs is 1. The highest BCUT2D eigenvalue weighted by Gasteiger charge is 2.50. The highest BCUT2D eigenvalue weighted by Crippen LogP contribution is 2.38. The highest BCUT2D eigenvalue weighted by atomic mass is 19.1. The minimum absolute atomic E-state index is 0.0874. The first-order chi connectivity index (χ1) is 16.6. The Morgan fingerprint density at radius 1 is 1.06 bits per heavy atom. The number of urea groups is 1. The second-order valence-corrected chi connectivity index (χ2v) is 8.99. The number of benzene rings is 2. The number of hydrogen-bond acceptors (Lipinski definition) is 5. The Hall–Kier alpha value is -4.14. The largest absolute Gasteiger partial charge is 0.454 e. The molecule has 3 amide bonds. The van der Waals surface area contributed by atoms with Crippen LogP contribution in [0.5, 0.6) is 11.5 Å². The molecule has 3 heterocycles. The number of ether oxygens (including phenoxy) is 2. The molecule has 0 spiro atoms. The first-order valence-electron chi connectivity index (χ1n) is 11.1. The van der Waals surface area contributed by atoms with Crippen LogP contribution >= 0.6 is 0 Å². The Morgan fingerprint density at radius 3 is 2.54 bits per heavy atom. The Balaban J connectivity index is 1.41. The Bertz CT molecular complexity index is 1410. The number of carbonyl (C=O) groups excluding carboxylic acids is 3. The average Bonchev–Trinajstić information content (AvgIpc) is 3.47. The molecular formula is C26H24FN3O5. The Labute approximate surface area is 201 Å². The molecule has 0 radical (unpaired) electrons. The van der Waals surface area contributed by atoms with E-state index in [4.69, 9.17) is 9.47 Å². The van der Waals surface area contributed by atoms with Crippen LogP contribution in [0.2, 0.25) is 0 Å². The molecule has 3 aromatic rings. The third kappa shape index (κ3) is 3.54. The molecule has 180 valence electrons. The van der Waals surface area contributed by atoms with Gasteiger partial charge in [-0.1, -0.05) is 12.1 Å². The predicted octanol–water partition coefficient (Wildman–Crippen LogP) is 3.92. The van der Waals surface area contributed by atoms with Crippen LogP contribution in [-0.4, -0.2) is 40.5 Å². The molecule has 0 saturated carbocycles. The minimum Gasteiger partial charge on any atom is -0.454 e. The van der Waals surface area contributed by atoms with Crippen LogP contribution in [0.15, 0.2) is 42.5 Å². The second-order valence-electron chi connectivity index (χ2n) is 8.99. The summed E-state index contributed by atoms with van der Waals surface area (Å²) in [6.07, 6.45) is 0. The van der Waals surface area contributed by atoms with Gasteiger partial charge >= 0.3 is 6.03 Å². The molecule has 1 atom stereocenters. The van der Waals surface area contributed by atoms with E-state index in [1.165, 1.54) is 6.07 Å². The number of hydrogen-bond donors (Lipinski definition) is 1. The van der Waals surface area contributed by atoms with Crippen LogP contribution in [0.4, 0.5) is 9.18 Å². The summed E-state index contributed by atoms with van der Waals surface area (Å²) in [4.78, 5) is 40.2. The quantitative estimate of drug-likeness (QED) is 0.445. The van der Waals surface area contributed by atoms with E-state index in [-0.39, 0.29) is 12.6 Å². The molecule has 8 nitrogen and oxygen atoms in total. The van der Waals surface area contributed by atoms with Crippen LogP contribution < -0.4 is 14.8 Å². The molecule has 9 heteroatoms. The van der Waals surface area contributed by atoms with E-state index in [1.807, 2.05) is 6.92 Å². The fraction of sp³-hybridized carbons (Fsp3) is 0.269. The Kier molecular flexibility index (Phi) is 5.16. The highest BCUT2D eigenvalue weighted by molar-refractivity contribution is 6.11. The van der Waals surface area contributed by atoms with Crippen molar-refractivity contribution in [3.63, 3.8) is 0 Å². The van der Waals surface area contributed by atoms with Crippen molar-refractivity contribution >= 4 is 17.7 Å². The van der Waals surface area contributed by atoms with Crippen molar-refractivity contribution < 1.29 is 28.2 Å². The van der Waals surface area contributed by atoms with E-state index in [2.05, 4.69) is 5.32 Å². The van der Waals surface area contributed by atoms with Crippen molar-refractivity contribution in [3.8, 4) is 17.2 Å². The smallest absolute Gasteiger partial charge is 0.325 e. The summed E-state index contributed by atoms with van der Waals surface area (Å²) in [5.41, 5.74) is 1.98. The van der Waals surface area contributed by atoms with Gasteiger partial charge in [0.05, 0.1) is 6.54 Å². The fourth-order valence-electron chi connectivity index (χ4n) is 4.64. The molecule has 0 aliphatic carbocycles. The lowest BCUT2D eigenvalue weighted by molar-refractivity contribution is -0.130. The number of rotatable bonds is 5. The zero-order chi connectivity index (χ0) is 25.1. The third-order valence-electron chi connectivity index (χ3n) is 6.67. The van der Waals surface area contributed by atoms with E-state index in [1.54, 1.807) is 61.7 Å². The topological polar surface area (TPSA) is 89.9 Å². The number of amides is 3. The first-order valence-corrected chi connectivity index (χ1v) is 11.1. The summed E-state index contributed by atoms with van der Waals surface area (Å²) in [5, 5.41) is 2.70. The van der Waals surface area contributed by atoms with Gasteiger partial charge in [0.15, 0.2) is 17.3 Å². The summed E-state index contributed by atoms with van der Waals surface area (Å²) >= 11 is 0. The van der Waals surface area contributed by atoms with Crippen LogP contribution in [-0.2, 0) is 10.3 Å². The van der Waals surface area contributed by atoms with Gasteiger partial charge in [-0.3, -0.25) is 14.5 Å². The van der Waals surface area contributed by atoms with E-state index >= 15 is 0 Å². The number of imide groups is 1. The number of halogens is 1. The number of Topliss-reactive ketones (excluding diaryl/α,β-unsaturated/α-hetero) is 1. The van der Waals surface area contributed by atoms with Gasteiger partial charge < -0.3 is 19.4 Å². The second kappa shape index (κ2) is 7.97. The lowest BCUT2D eigenvalue weighted by atomic mass is 9.91. The van der Waals surface area contributed by atoms with Gasteiger partial charge in [0.1, 0.15) is 11.4 Å². The van der Waals surface area contributed by atoms with Gasteiger partial charge in [-0.2, -0.15) is 0 Å². The molecule has 5 rings (SSSR count). The predicted molar refractivity (Wildman–Crippen MR) is 124 cm³/mol. The fourth-order valence-corrected chi connectivity index (χ4v) is 4.64. The average molecular weight is 477 g/mol. The lowest BCUT2D eigenvalue weighted by Gasteiger charge is -2.22. The zero-order valence-electron chi connectivity index (χ0n) is 19.8. The summed E-state index contributed by atoms with van der Waals surface area (Å²) < 4.78 is 26.6. The van der Waals surface area contributed by atoms with E-state index < -0.39 is 29.8 Å². The van der Waals surface area contributed by atoms with Crippen LogP contribution in [0, 0.1) is 26.6 Å². The van der Waals surface area contributed by atoms with Crippen LogP contribution in [0.1, 0.15) is 39.8 Å². The third-order valence-corrected chi connectivity index (χ3v) is 6.67. The van der Waals surface area contributed by atoms with E-state index in [0.29, 0.717) is 39.6 Å². The van der Waals surface area contributed by atoms with E-state index in [0.717, 1.165) is 10.6 Å². The van der Waals surface area contributed by atoms with Crippen molar-refractivity contribution in [2.75, 3.05) is 13.3 Å². The molecule has 0 bridgehead atoms. The van der Waals surface area contributed by atoms with Crippen molar-refractivity contribution in [3.05, 3.63) is 76.4 Å². The summed E-state index contributed by atoms with van der Waals surface area (Å²) in [7, 11) is 0. The number of nitrogens with one attached hydrogen (secondary N) is 1. The number of ketones is 1. The van der Waals surface area contributed by atoms with Gasteiger partial charge in [0, 0.05) is 22.6 Å². The summed E-state index contributed by atoms with van der Waals surface area (Å²) in [6, 6.07) is 10.9. The van der Waals surface area contributed by atoms with Crippen molar-refractivity contribution in [2.24, 2.45) is 0 Å². The molecule has 1 saturated heterocycles. The maximum absolute atomic E-state index is 14.2. The van der Waals surface area contributed by atoms with Crippen molar-refractivity contribution in [1.29, 1.82) is 0 Å². The van der Waals surface area contributed by atoms with Gasteiger partial charge in [0.2, 0.25) is 6.79 Å². The SMILES string of the molecule is Cc1ccc(-n2c(C)cc(C(=O)CN3C(=O)NC(C)(c4ccc5c(c4)OCO5)C3=O)c2C)cc1F. The number of carbonyl (C=O) groups is 3. The number of aromatic nitrogens is 1. The van der Waals surface area contributed by atoms with E-state index in [9.17, 15) is 18.8 Å². The molecule has 1 N–H and O–H groups in total. The van der Waals surface area contributed by atoms with Crippen LogP contribution in [0.3, 0.4) is 0 Å². The Morgan fingerprint density at radius 2 is 1.80 bits per heavy atom. The van der Waals surface area contributed by atoms with Gasteiger partial charge in [0.25, 0.3) is 5.91 Å². The molecular weight excluding hydrogens is 453 g/mol. The molecule has 2 aromatic carbocycles. The monoisotopic (exact) mass is 477 g/mol. The van der Waals surface area contributed by atoms with Crippen molar-refractivity contribution in [1.82, 2.24) is 14.8 Å². The van der Waals surface area contributed by atoms with Gasteiger partial charge in [-0.25, -0.2) is 9.18 Å². The summed E-state index contributed by atoms with van der Waals surface area (Å²) in [5.74, 6) is -0.227. The normalized spacial score (nSPS) is 18.8. The molecule has 1 fully saturated rings. The number of nitrogens with zero attached hydrogens (tertiary/aromatic N) is 2. The molecule has 35 heavy (non-hydrogen) atoms. The zero-order valence-corrected chi connectivity index (χ0v) is 19.8. The minimum atomic E-state index is -1.35.